The Kier molecular flexibility index (Phi) is 4.83. The number of aliphatic carboxylic acids is 1. The van der Waals surface area contributed by atoms with Gasteiger partial charge in [-0.3, -0.25) is 9.59 Å². The van der Waals surface area contributed by atoms with Gasteiger partial charge in [0.25, 0.3) is 0 Å². The Morgan fingerprint density at radius 2 is 2.00 bits per heavy atom. The first-order valence-electron chi connectivity index (χ1n) is 6.69. The lowest BCUT2D eigenvalue weighted by Gasteiger charge is -2.12. The van der Waals surface area contributed by atoms with Crippen molar-refractivity contribution in [3.8, 4) is 11.5 Å². The number of hydrogen-bond acceptors (Lipinski definition) is 4. The fourth-order valence-corrected chi connectivity index (χ4v) is 2.05. The first-order valence-corrected chi connectivity index (χ1v) is 6.69. The van der Waals surface area contributed by atoms with Gasteiger partial charge in [0.1, 0.15) is 18.9 Å². The highest BCUT2D eigenvalue weighted by Crippen LogP contribution is 2.19. The van der Waals surface area contributed by atoms with E-state index in [0.29, 0.717) is 11.4 Å². The van der Waals surface area contributed by atoms with Gasteiger partial charge in [-0.15, -0.1) is 0 Å². The summed E-state index contributed by atoms with van der Waals surface area (Å²) in [6.07, 6.45) is 1.42. The maximum Gasteiger partial charge on any atom is 0.323 e. The smallest absolute Gasteiger partial charge is 0.323 e. The van der Waals surface area contributed by atoms with Gasteiger partial charge in [-0.25, -0.2) is 0 Å². The molecule has 0 aliphatic carbocycles. The molecule has 0 fully saturated rings. The standard InChI is InChI=1S/C16H17NO5/c1-11-7-13(18)15(8-17(11)9-16(19)20)22-10-12-5-3-4-6-14(12)21-2/h3-8H,9-10H2,1-2H3,(H,19,20). The Bertz CT molecular complexity index is 736. The number of nitrogens with zero attached hydrogens (tertiary/aromatic N) is 1. The molecule has 0 aliphatic rings. The molecule has 116 valence electrons. The van der Waals surface area contributed by atoms with Crippen molar-refractivity contribution in [2.75, 3.05) is 7.11 Å². The number of aromatic nitrogens is 1. The van der Waals surface area contributed by atoms with Crippen molar-refractivity contribution < 1.29 is 19.4 Å². The second-order valence-corrected chi connectivity index (χ2v) is 4.77. The van der Waals surface area contributed by atoms with Gasteiger partial charge < -0.3 is 19.1 Å². The molecule has 0 saturated heterocycles. The Morgan fingerprint density at radius 3 is 2.68 bits per heavy atom. The zero-order chi connectivity index (χ0) is 16.1. The summed E-state index contributed by atoms with van der Waals surface area (Å²) < 4.78 is 12.2. The molecule has 1 aromatic heterocycles. The molecule has 0 spiro atoms. The summed E-state index contributed by atoms with van der Waals surface area (Å²) in [5, 5.41) is 8.87. The normalized spacial score (nSPS) is 10.3. The molecule has 0 atom stereocenters. The third-order valence-electron chi connectivity index (χ3n) is 3.19. The molecule has 6 nitrogen and oxygen atoms in total. The monoisotopic (exact) mass is 303 g/mol. The summed E-state index contributed by atoms with van der Waals surface area (Å²) in [4.78, 5) is 22.8. The highest BCUT2D eigenvalue weighted by Gasteiger charge is 2.09. The molecule has 0 saturated carbocycles. The molecule has 1 N–H and O–H groups in total. The van der Waals surface area contributed by atoms with Gasteiger partial charge in [-0.1, -0.05) is 18.2 Å². The van der Waals surface area contributed by atoms with E-state index in [2.05, 4.69) is 0 Å². The number of rotatable bonds is 6. The summed E-state index contributed by atoms with van der Waals surface area (Å²) in [6.45, 7) is 1.61. The molecule has 0 unspecified atom stereocenters. The average molecular weight is 303 g/mol. The molecule has 2 rings (SSSR count). The minimum atomic E-state index is -0.984. The second kappa shape index (κ2) is 6.80. The first kappa shape index (κ1) is 15.6. The zero-order valence-electron chi connectivity index (χ0n) is 12.4. The summed E-state index contributed by atoms with van der Waals surface area (Å²) in [5.74, 6) is -0.208. The fraction of sp³-hybridized carbons (Fsp3) is 0.250. The van der Waals surface area contributed by atoms with Crippen LogP contribution in [0, 0.1) is 6.92 Å². The minimum Gasteiger partial charge on any atom is -0.496 e. The summed E-state index contributed by atoms with van der Waals surface area (Å²) >= 11 is 0. The number of aryl methyl sites for hydroxylation is 1. The molecule has 2 aromatic rings. The van der Waals surface area contributed by atoms with Gasteiger partial charge in [0.2, 0.25) is 5.43 Å². The summed E-state index contributed by atoms with van der Waals surface area (Å²) in [7, 11) is 1.56. The Labute approximate surface area is 127 Å². The zero-order valence-corrected chi connectivity index (χ0v) is 12.4. The van der Waals surface area contributed by atoms with Gasteiger partial charge in [0.05, 0.1) is 13.3 Å². The van der Waals surface area contributed by atoms with E-state index in [4.69, 9.17) is 14.6 Å². The molecule has 1 aromatic carbocycles. The summed E-state index contributed by atoms with van der Waals surface area (Å²) in [6, 6.07) is 8.69. The first-order chi connectivity index (χ1) is 10.5. The van der Waals surface area contributed by atoms with Crippen molar-refractivity contribution in [2.24, 2.45) is 0 Å². The van der Waals surface area contributed by atoms with Gasteiger partial charge in [-0.2, -0.15) is 0 Å². The molecule has 0 radical (unpaired) electrons. The van der Waals surface area contributed by atoms with Crippen LogP contribution in [0.15, 0.2) is 41.3 Å². The molecular formula is C16H17NO5. The van der Waals surface area contributed by atoms with Gasteiger partial charge >= 0.3 is 5.97 Å². The molecule has 0 amide bonds. The van der Waals surface area contributed by atoms with Gasteiger partial charge in [-0.05, 0) is 13.0 Å². The highest BCUT2D eigenvalue weighted by atomic mass is 16.5. The third kappa shape index (κ3) is 3.66. The van der Waals surface area contributed by atoms with Crippen molar-refractivity contribution in [3.05, 3.63) is 58.0 Å². The van der Waals surface area contributed by atoms with Crippen LogP contribution in [0.4, 0.5) is 0 Å². The Balaban J connectivity index is 2.22. The van der Waals surface area contributed by atoms with Crippen LogP contribution in [0.5, 0.6) is 11.5 Å². The lowest BCUT2D eigenvalue weighted by molar-refractivity contribution is -0.137. The number of hydrogen-bond donors (Lipinski definition) is 1. The predicted molar refractivity (Wildman–Crippen MR) is 80.4 cm³/mol. The van der Waals surface area contributed by atoms with Crippen molar-refractivity contribution in [1.29, 1.82) is 0 Å². The second-order valence-electron chi connectivity index (χ2n) is 4.77. The number of ether oxygens (including phenoxy) is 2. The number of carbonyl (C=O) groups is 1. The molecule has 1 heterocycles. The highest BCUT2D eigenvalue weighted by molar-refractivity contribution is 5.66. The van der Waals surface area contributed by atoms with E-state index in [0.717, 1.165) is 5.56 Å². The average Bonchev–Trinajstić information content (AvgIpc) is 2.48. The molecule has 6 heteroatoms. The van der Waals surface area contributed by atoms with Crippen molar-refractivity contribution >= 4 is 5.97 Å². The van der Waals surface area contributed by atoms with E-state index < -0.39 is 5.97 Å². The largest absolute Gasteiger partial charge is 0.496 e. The third-order valence-corrected chi connectivity index (χ3v) is 3.19. The van der Waals surface area contributed by atoms with Crippen LogP contribution in [0.2, 0.25) is 0 Å². The van der Waals surface area contributed by atoms with Crippen molar-refractivity contribution in [3.63, 3.8) is 0 Å². The molecule has 0 bridgehead atoms. The fourth-order valence-electron chi connectivity index (χ4n) is 2.05. The van der Waals surface area contributed by atoms with Crippen LogP contribution in [-0.2, 0) is 17.9 Å². The van der Waals surface area contributed by atoms with Crippen molar-refractivity contribution in [1.82, 2.24) is 4.57 Å². The number of methoxy groups -OCH3 is 1. The maximum atomic E-state index is 11.9. The van der Waals surface area contributed by atoms with Gasteiger partial charge in [0.15, 0.2) is 5.75 Å². The van der Waals surface area contributed by atoms with E-state index in [1.165, 1.54) is 16.8 Å². The lowest BCUT2D eigenvalue weighted by Crippen LogP contribution is -2.17. The van der Waals surface area contributed by atoms with Crippen LogP contribution in [0.1, 0.15) is 11.3 Å². The van der Waals surface area contributed by atoms with E-state index in [-0.39, 0.29) is 24.3 Å². The van der Waals surface area contributed by atoms with Gasteiger partial charge in [0, 0.05) is 17.3 Å². The van der Waals surface area contributed by atoms with Crippen molar-refractivity contribution in [2.45, 2.75) is 20.1 Å². The van der Waals surface area contributed by atoms with E-state index in [1.54, 1.807) is 20.1 Å². The number of benzene rings is 1. The van der Waals surface area contributed by atoms with E-state index in [1.807, 2.05) is 18.2 Å². The number of carboxylic acids is 1. The number of para-hydroxylation sites is 1. The maximum absolute atomic E-state index is 11.9. The molecular weight excluding hydrogens is 286 g/mol. The number of pyridine rings is 1. The van der Waals surface area contributed by atoms with Crippen LogP contribution in [-0.4, -0.2) is 22.8 Å². The molecule has 22 heavy (non-hydrogen) atoms. The van der Waals surface area contributed by atoms with Crippen LogP contribution < -0.4 is 14.9 Å². The summed E-state index contributed by atoms with van der Waals surface area (Å²) in [5.41, 5.74) is 1.08. The van der Waals surface area contributed by atoms with E-state index >= 15 is 0 Å². The predicted octanol–water partition coefficient (Wildman–Crippen LogP) is 1.83. The number of carboxylic acid groups (broad SMARTS) is 1. The van der Waals surface area contributed by atoms with Crippen LogP contribution in [0.25, 0.3) is 0 Å². The Hall–Kier alpha value is -2.76. The van der Waals surface area contributed by atoms with Crippen LogP contribution >= 0.6 is 0 Å². The lowest BCUT2D eigenvalue weighted by atomic mass is 10.2. The molecule has 0 aliphatic heterocycles. The topological polar surface area (TPSA) is 77.8 Å². The minimum absolute atomic E-state index is 0.109. The Morgan fingerprint density at radius 1 is 1.27 bits per heavy atom. The quantitative estimate of drug-likeness (QED) is 0.881. The van der Waals surface area contributed by atoms with Crippen LogP contribution in [0.3, 0.4) is 0 Å². The SMILES string of the molecule is COc1ccccc1COc1cn(CC(=O)O)c(C)cc1=O. The van der Waals surface area contributed by atoms with E-state index in [9.17, 15) is 9.59 Å².